The van der Waals surface area contributed by atoms with Crippen molar-refractivity contribution in [1.82, 2.24) is 10.6 Å². The molecule has 2 atom stereocenters. The first-order chi connectivity index (χ1) is 14.3. The molecular weight excluding hydrogens is 398 g/mol. The van der Waals surface area contributed by atoms with E-state index < -0.39 is 40.5 Å². The first-order valence-corrected chi connectivity index (χ1v) is 9.56. The van der Waals surface area contributed by atoms with Crippen molar-refractivity contribution in [2.75, 3.05) is 31.7 Å². The van der Waals surface area contributed by atoms with E-state index in [-0.39, 0.29) is 43.8 Å². The summed E-state index contributed by atoms with van der Waals surface area (Å²) in [5, 5.41) is 13.5. The molecule has 1 unspecified atom stereocenters. The number of morpholine rings is 1. The number of halogens is 2. The van der Waals surface area contributed by atoms with E-state index in [1.807, 2.05) is 5.32 Å². The number of benzene rings is 1. The van der Waals surface area contributed by atoms with Crippen molar-refractivity contribution >= 4 is 23.9 Å². The first kappa shape index (κ1) is 23.2. The van der Waals surface area contributed by atoms with Gasteiger partial charge < -0.3 is 15.0 Å². The number of amides is 3. The Balaban J connectivity index is 0.00000101. The van der Waals surface area contributed by atoms with Crippen molar-refractivity contribution < 1.29 is 27.9 Å². The van der Waals surface area contributed by atoms with Crippen LogP contribution < -0.4 is 15.5 Å². The van der Waals surface area contributed by atoms with E-state index in [0.29, 0.717) is 0 Å². The molecule has 10 heteroatoms. The predicted molar refractivity (Wildman–Crippen MR) is 103 cm³/mol. The predicted octanol–water partition coefficient (Wildman–Crippen LogP) is 1.02. The van der Waals surface area contributed by atoms with Gasteiger partial charge in [0.15, 0.2) is 17.0 Å². The second-order valence-corrected chi connectivity index (χ2v) is 6.98. The molecule has 1 saturated heterocycles. The third-order valence-corrected chi connectivity index (χ3v) is 5.06. The number of rotatable bonds is 3. The van der Waals surface area contributed by atoms with Gasteiger partial charge in [0.2, 0.25) is 18.2 Å². The van der Waals surface area contributed by atoms with Crippen LogP contribution in [0, 0.1) is 28.4 Å². The molecule has 0 spiro atoms. The van der Waals surface area contributed by atoms with Gasteiger partial charge in [-0.25, -0.2) is 8.78 Å². The van der Waals surface area contributed by atoms with Crippen LogP contribution in [0.2, 0.25) is 0 Å². The number of anilines is 1. The molecule has 2 heterocycles. The summed E-state index contributed by atoms with van der Waals surface area (Å²) in [6, 6.07) is 1.74. The summed E-state index contributed by atoms with van der Waals surface area (Å²) < 4.78 is 34.3. The molecule has 2 N–H and O–H groups in total. The van der Waals surface area contributed by atoms with E-state index in [0.717, 1.165) is 6.07 Å². The fourth-order valence-electron chi connectivity index (χ4n) is 3.87. The third-order valence-electron chi connectivity index (χ3n) is 5.06. The van der Waals surface area contributed by atoms with Gasteiger partial charge in [-0.1, -0.05) is 20.3 Å². The number of imide groups is 1. The molecule has 0 aromatic heterocycles. The Morgan fingerprint density at radius 2 is 2.03 bits per heavy atom. The smallest absolute Gasteiger partial charge is 0.244 e. The fourth-order valence-corrected chi connectivity index (χ4v) is 3.87. The van der Waals surface area contributed by atoms with Crippen molar-refractivity contribution in [2.24, 2.45) is 5.41 Å². The largest absolute Gasteiger partial charge is 0.377 e. The van der Waals surface area contributed by atoms with Crippen molar-refractivity contribution in [1.29, 1.82) is 5.26 Å². The van der Waals surface area contributed by atoms with Crippen LogP contribution in [-0.4, -0.2) is 51.1 Å². The van der Waals surface area contributed by atoms with Gasteiger partial charge in [-0.2, -0.15) is 5.26 Å². The second-order valence-electron chi connectivity index (χ2n) is 6.98. The van der Waals surface area contributed by atoms with E-state index in [2.05, 4.69) is 19.2 Å². The average Bonchev–Trinajstić information content (AvgIpc) is 2.75. The number of nitrogens with one attached hydrogen (secondary N) is 2. The lowest BCUT2D eigenvalue weighted by molar-refractivity contribution is -0.148. The molecule has 2 aliphatic heterocycles. The lowest BCUT2D eigenvalue weighted by Gasteiger charge is -2.50. The fraction of sp³-hybridized carbons (Fsp3) is 0.500. The molecule has 30 heavy (non-hydrogen) atoms. The maximum absolute atomic E-state index is 14.7. The quantitative estimate of drug-likeness (QED) is 0.556. The zero-order valence-electron chi connectivity index (χ0n) is 17.1. The highest BCUT2D eigenvalue weighted by Gasteiger charge is 2.58. The van der Waals surface area contributed by atoms with Crippen LogP contribution in [0.1, 0.15) is 31.4 Å². The van der Waals surface area contributed by atoms with Crippen LogP contribution >= 0.6 is 0 Å². The van der Waals surface area contributed by atoms with Gasteiger partial charge in [0.25, 0.3) is 0 Å². The first-order valence-electron chi connectivity index (χ1n) is 9.56. The van der Waals surface area contributed by atoms with Crippen LogP contribution in [0.5, 0.6) is 0 Å². The summed E-state index contributed by atoms with van der Waals surface area (Å²) in [7, 11) is 1.33. The minimum atomic E-state index is -1.82. The number of hydrogen-bond acceptors (Lipinski definition) is 6. The molecule has 0 aliphatic carbocycles. The third kappa shape index (κ3) is 3.73. The van der Waals surface area contributed by atoms with E-state index >= 15 is 0 Å². The van der Waals surface area contributed by atoms with Crippen LogP contribution in [-0.2, 0) is 25.5 Å². The molecule has 3 amide bonds. The van der Waals surface area contributed by atoms with Crippen LogP contribution in [0.3, 0.4) is 0 Å². The Morgan fingerprint density at radius 3 is 2.60 bits per heavy atom. The zero-order valence-corrected chi connectivity index (χ0v) is 17.1. The molecule has 8 nitrogen and oxygen atoms in total. The molecule has 3 rings (SSSR count). The summed E-state index contributed by atoms with van der Waals surface area (Å²) in [4.78, 5) is 37.8. The Hall–Kier alpha value is -3.06. The van der Waals surface area contributed by atoms with Crippen molar-refractivity contribution in [3.8, 4) is 6.07 Å². The summed E-state index contributed by atoms with van der Waals surface area (Å²) in [5.41, 5.74) is -2.31. The van der Waals surface area contributed by atoms with Crippen molar-refractivity contribution in [3.63, 3.8) is 0 Å². The average molecular weight is 422 g/mol. The van der Waals surface area contributed by atoms with Gasteiger partial charge in [0, 0.05) is 20.0 Å². The zero-order chi connectivity index (χ0) is 22.5. The SMILES string of the molecule is CCC.CNC(=O)[C@@]1(C(=O)NC=O)Cc2cc(C#N)c(F)c(F)c2N2CCOCC21. The maximum Gasteiger partial charge on any atom is 0.244 e. The minimum absolute atomic E-state index is 0.0970. The summed E-state index contributed by atoms with van der Waals surface area (Å²) in [5.74, 6) is -4.08. The Labute approximate surface area is 173 Å². The van der Waals surface area contributed by atoms with Gasteiger partial charge in [-0.15, -0.1) is 0 Å². The highest BCUT2D eigenvalue weighted by atomic mass is 19.2. The topological polar surface area (TPSA) is 112 Å². The van der Waals surface area contributed by atoms with E-state index in [1.165, 1.54) is 18.4 Å². The standard InChI is InChI=1S/C17H16F2N4O4.C3H8/c1-21-15(25)17(16(26)22-8-24)5-9-4-10(6-20)12(18)13(19)14(9)23-2-3-27-7-11(17)23;1-3-2/h4,8,11H,2-3,5,7H2,1H3,(H,21,25)(H,22,24,26);3H2,1-2H3/t11?,17-;/m1./s1. The lowest BCUT2D eigenvalue weighted by atomic mass is 9.69. The number of fused-ring (bicyclic) bond motifs is 3. The summed E-state index contributed by atoms with van der Waals surface area (Å²) in [6.07, 6.45) is 1.08. The van der Waals surface area contributed by atoms with Gasteiger partial charge >= 0.3 is 0 Å². The van der Waals surface area contributed by atoms with Gasteiger partial charge in [-0.3, -0.25) is 19.7 Å². The number of nitriles is 1. The molecular formula is C20H24F2N4O4. The minimum Gasteiger partial charge on any atom is -0.377 e. The highest BCUT2D eigenvalue weighted by Crippen LogP contribution is 2.45. The van der Waals surface area contributed by atoms with E-state index in [9.17, 15) is 23.2 Å². The number of carbonyl (C=O) groups is 3. The number of carbonyl (C=O) groups excluding carboxylic acids is 3. The van der Waals surface area contributed by atoms with Crippen molar-refractivity contribution in [3.05, 3.63) is 28.8 Å². The Kier molecular flexibility index (Phi) is 7.45. The number of nitrogens with zero attached hydrogens (tertiary/aromatic N) is 2. The van der Waals surface area contributed by atoms with Gasteiger partial charge in [0.05, 0.1) is 30.5 Å². The molecule has 162 valence electrons. The maximum atomic E-state index is 14.7. The number of ether oxygens (including phenoxy) is 1. The van der Waals surface area contributed by atoms with Gasteiger partial charge in [-0.05, 0) is 11.6 Å². The summed E-state index contributed by atoms with van der Waals surface area (Å²) in [6.45, 7) is 4.43. The molecule has 0 saturated carbocycles. The summed E-state index contributed by atoms with van der Waals surface area (Å²) >= 11 is 0. The molecule has 2 aliphatic rings. The van der Waals surface area contributed by atoms with Crippen LogP contribution in [0.25, 0.3) is 0 Å². The van der Waals surface area contributed by atoms with Gasteiger partial charge in [0.1, 0.15) is 6.07 Å². The normalized spacial score (nSPS) is 21.7. The Morgan fingerprint density at radius 1 is 1.37 bits per heavy atom. The van der Waals surface area contributed by atoms with Crippen molar-refractivity contribution in [2.45, 2.75) is 32.7 Å². The molecule has 1 fully saturated rings. The van der Waals surface area contributed by atoms with E-state index in [4.69, 9.17) is 10.00 Å². The van der Waals surface area contributed by atoms with E-state index in [1.54, 1.807) is 6.07 Å². The second kappa shape index (κ2) is 9.63. The molecule has 1 aromatic carbocycles. The van der Waals surface area contributed by atoms with Crippen LogP contribution in [0.15, 0.2) is 6.07 Å². The van der Waals surface area contributed by atoms with Crippen LogP contribution in [0.4, 0.5) is 14.5 Å². The molecule has 0 radical (unpaired) electrons. The molecule has 1 aromatic rings. The Bertz CT molecular complexity index is 887. The molecule has 0 bridgehead atoms. The highest BCUT2D eigenvalue weighted by molar-refractivity contribution is 6.09. The lowest BCUT2D eigenvalue weighted by Crippen LogP contribution is -2.68. The number of hydrogen-bond donors (Lipinski definition) is 2. The monoisotopic (exact) mass is 422 g/mol.